The van der Waals surface area contributed by atoms with Crippen molar-refractivity contribution in [2.75, 3.05) is 11.4 Å². The van der Waals surface area contributed by atoms with Crippen LogP contribution in [-0.2, 0) is 4.79 Å². The first kappa shape index (κ1) is 11.9. The van der Waals surface area contributed by atoms with Crippen molar-refractivity contribution in [2.24, 2.45) is 0 Å². The van der Waals surface area contributed by atoms with Crippen LogP contribution in [0.2, 0.25) is 0 Å². The Bertz CT molecular complexity index is 487. The van der Waals surface area contributed by atoms with Crippen molar-refractivity contribution in [3.05, 3.63) is 29.3 Å². The number of benzene rings is 1. The molecule has 1 saturated heterocycles. The predicted molar refractivity (Wildman–Crippen MR) is 64.7 cm³/mol. The molecule has 0 spiro atoms. The molecule has 1 fully saturated rings. The van der Waals surface area contributed by atoms with E-state index in [-0.39, 0.29) is 23.3 Å². The fourth-order valence-electron chi connectivity index (χ4n) is 1.95. The van der Waals surface area contributed by atoms with Crippen LogP contribution in [0.5, 0.6) is 0 Å². The lowest BCUT2D eigenvalue weighted by Crippen LogP contribution is -2.26. The minimum atomic E-state index is -1.03. The zero-order valence-electron chi connectivity index (χ0n) is 9.31. The van der Waals surface area contributed by atoms with Crippen LogP contribution in [0.25, 0.3) is 0 Å². The highest BCUT2D eigenvalue weighted by atomic mass is 35.5. The minimum Gasteiger partial charge on any atom is -0.478 e. The van der Waals surface area contributed by atoms with Crippen LogP contribution in [0.4, 0.5) is 5.69 Å². The van der Waals surface area contributed by atoms with E-state index in [1.807, 2.05) is 6.92 Å². The lowest BCUT2D eigenvalue weighted by atomic mass is 10.1. The van der Waals surface area contributed by atoms with E-state index in [2.05, 4.69) is 0 Å². The first-order valence-electron chi connectivity index (χ1n) is 5.27. The highest BCUT2D eigenvalue weighted by Crippen LogP contribution is 2.28. The van der Waals surface area contributed by atoms with E-state index in [1.165, 1.54) is 4.90 Å². The van der Waals surface area contributed by atoms with Gasteiger partial charge in [0.25, 0.3) is 0 Å². The second-order valence-corrected chi connectivity index (χ2v) is 4.75. The molecular formula is C12H12ClNO3. The van der Waals surface area contributed by atoms with Gasteiger partial charge in [-0.25, -0.2) is 4.79 Å². The Morgan fingerprint density at radius 1 is 1.53 bits per heavy atom. The van der Waals surface area contributed by atoms with E-state index < -0.39 is 5.97 Å². The molecule has 1 heterocycles. The average Bonchev–Trinajstić information content (AvgIpc) is 2.57. The quantitative estimate of drug-likeness (QED) is 0.821. The highest BCUT2D eigenvalue weighted by Gasteiger charge is 2.31. The molecule has 5 heteroatoms. The molecule has 0 aromatic heterocycles. The number of carbonyl (C=O) groups excluding carboxylic acids is 1. The molecule has 4 nitrogen and oxygen atoms in total. The predicted octanol–water partition coefficient (Wildman–Crippen LogP) is 2.04. The Kier molecular flexibility index (Phi) is 3.07. The molecule has 1 atom stereocenters. The molecule has 1 amide bonds. The van der Waals surface area contributed by atoms with Gasteiger partial charge in [-0.15, -0.1) is 11.6 Å². The third-order valence-corrected chi connectivity index (χ3v) is 3.04. The van der Waals surface area contributed by atoms with Gasteiger partial charge in [-0.2, -0.15) is 0 Å². The van der Waals surface area contributed by atoms with E-state index in [0.717, 1.165) is 5.56 Å². The molecule has 90 valence electrons. The van der Waals surface area contributed by atoms with Gasteiger partial charge in [-0.1, -0.05) is 11.6 Å². The molecule has 0 radical (unpaired) electrons. The van der Waals surface area contributed by atoms with Crippen LogP contribution < -0.4 is 4.90 Å². The number of hydrogen-bond donors (Lipinski definition) is 1. The number of anilines is 1. The first-order valence-corrected chi connectivity index (χ1v) is 5.71. The fraction of sp³-hybridized carbons (Fsp3) is 0.333. The average molecular weight is 254 g/mol. The summed E-state index contributed by atoms with van der Waals surface area (Å²) in [6.45, 7) is 2.18. The van der Waals surface area contributed by atoms with Crippen molar-refractivity contribution in [3.63, 3.8) is 0 Å². The number of carbonyl (C=O) groups is 2. The number of hydrogen-bond acceptors (Lipinski definition) is 2. The number of aryl methyl sites for hydroxylation is 1. The lowest BCUT2D eigenvalue weighted by Gasteiger charge is -2.18. The monoisotopic (exact) mass is 253 g/mol. The summed E-state index contributed by atoms with van der Waals surface area (Å²) in [7, 11) is 0. The maximum absolute atomic E-state index is 11.7. The van der Waals surface area contributed by atoms with Gasteiger partial charge in [0.1, 0.15) is 0 Å². The Labute approximate surface area is 104 Å². The highest BCUT2D eigenvalue weighted by molar-refractivity contribution is 6.24. The van der Waals surface area contributed by atoms with Gasteiger partial charge in [0.2, 0.25) is 5.91 Å². The van der Waals surface area contributed by atoms with Crippen LogP contribution in [0.1, 0.15) is 22.3 Å². The molecule has 2 rings (SSSR count). The summed E-state index contributed by atoms with van der Waals surface area (Å²) in [5.74, 6) is -1.16. The number of nitrogens with zero attached hydrogens (tertiary/aromatic N) is 1. The van der Waals surface area contributed by atoms with Gasteiger partial charge in [-0.3, -0.25) is 4.79 Å². The van der Waals surface area contributed by atoms with Crippen LogP contribution in [0.15, 0.2) is 18.2 Å². The van der Waals surface area contributed by atoms with Crippen molar-refractivity contribution >= 4 is 29.2 Å². The number of alkyl halides is 1. The summed E-state index contributed by atoms with van der Waals surface area (Å²) < 4.78 is 0. The molecule has 0 bridgehead atoms. The zero-order chi connectivity index (χ0) is 12.6. The van der Waals surface area contributed by atoms with Gasteiger partial charge in [0.05, 0.1) is 16.6 Å². The maximum Gasteiger partial charge on any atom is 0.337 e. The minimum absolute atomic E-state index is 0.128. The normalized spacial score (nSPS) is 19.8. The SMILES string of the molecule is Cc1ccc(N2CC(Cl)CC2=O)c(C(=O)O)c1. The summed E-state index contributed by atoms with van der Waals surface area (Å²) >= 11 is 5.90. The van der Waals surface area contributed by atoms with E-state index in [4.69, 9.17) is 16.7 Å². The lowest BCUT2D eigenvalue weighted by molar-refractivity contribution is -0.117. The van der Waals surface area contributed by atoms with Gasteiger partial charge in [-0.05, 0) is 19.1 Å². The van der Waals surface area contributed by atoms with Gasteiger partial charge >= 0.3 is 5.97 Å². The van der Waals surface area contributed by atoms with Crippen molar-refractivity contribution in [3.8, 4) is 0 Å². The molecule has 1 aliphatic rings. The second kappa shape index (κ2) is 4.37. The Balaban J connectivity index is 2.45. The molecule has 1 unspecified atom stereocenters. The molecular weight excluding hydrogens is 242 g/mol. The first-order chi connectivity index (χ1) is 7.99. The number of aromatic carboxylic acids is 1. The summed E-state index contributed by atoms with van der Waals surface area (Å²) in [5, 5.41) is 8.89. The second-order valence-electron chi connectivity index (χ2n) is 4.13. The number of rotatable bonds is 2. The van der Waals surface area contributed by atoms with E-state index >= 15 is 0 Å². The Hall–Kier alpha value is -1.55. The third kappa shape index (κ3) is 2.26. The van der Waals surface area contributed by atoms with Crippen LogP contribution in [0.3, 0.4) is 0 Å². The van der Waals surface area contributed by atoms with Crippen molar-refractivity contribution in [2.45, 2.75) is 18.7 Å². The summed E-state index contributed by atoms with van der Waals surface area (Å²) in [5.41, 5.74) is 1.42. The molecule has 17 heavy (non-hydrogen) atoms. The molecule has 1 N–H and O–H groups in total. The van der Waals surface area contributed by atoms with Crippen LogP contribution >= 0.6 is 11.6 Å². The summed E-state index contributed by atoms with van der Waals surface area (Å²) in [4.78, 5) is 24.3. The van der Waals surface area contributed by atoms with Gasteiger partial charge < -0.3 is 10.0 Å². The summed E-state index contributed by atoms with van der Waals surface area (Å²) in [6, 6.07) is 5.01. The van der Waals surface area contributed by atoms with Crippen LogP contribution in [0, 0.1) is 6.92 Å². The third-order valence-electron chi connectivity index (χ3n) is 2.75. The van der Waals surface area contributed by atoms with E-state index in [9.17, 15) is 9.59 Å². The molecule has 1 aliphatic heterocycles. The molecule has 0 saturated carbocycles. The smallest absolute Gasteiger partial charge is 0.337 e. The Morgan fingerprint density at radius 3 is 2.76 bits per heavy atom. The number of carboxylic acids is 1. The maximum atomic E-state index is 11.7. The van der Waals surface area contributed by atoms with E-state index in [1.54, 1.807) is 18.2 Å². The molecule has 0 aliphatic carbocycles. The number of halogens is 1. The van der Waals surface area contributed by atoms with E-state index in [0.29, 0.717) is 12.2 Å². The van der Waals surface area contributed by atoms with Gasteiger partial charge in [0, 0.05) is 13.0 Å². The fourth-order valence-corrected chi connectivity index (χ4v) is 2.22. The standard InChI is InChI=1S/C12H12ClNO3/c1-7-2-3-10(9(4-7)12(16)17)14-6-8(13)5-11(14)15/h2-4,8H,5-6H2,1H3,(H,16,17). The van der Waals surface area contributed by atoms with Crippen molar-refractivity contribution < 1.29 is 14.7 Å². The van der Waals surface area contributed by atoms with Crippen molar-refractivity contribution in [1.82, 2.24) is 0 Å². The zero-order valence-corrected chi connectivity index (χ0v) is 10.1. The molecule has 1 aromatic rings. The summed E-state index contributed by atoms with van der Waals surface area (Å²) in [6.07, 6.45) is 0.258. The Morgan fingerprint density at radius 2 is 2.24 bits per heavy atom. The number of amides is 1. The van der Waals surface area contributed by atoms with Gasteiger partial charge in [0.15, 0.2) is 0 Å². The topological polar surface area (TPSA) is 57.6 Å². The van der Waals surface area contributed by atoms with Crippen LogP contribution in [-0.4, -0.2) is 28.9 Å². The molecule has 1 aromatic carbocycles. The van der Waals surface area contributed by atoms with Crippen molar-refractivity contribution in [1.29, 1.82) is 0 Å². The number of carboxylic acid groups (broad SMARTS) is 1. The largest absolute Gasteiger partial charge is 0.478 e.